The summed E-state index contributed by atoms with van der Waals surface area (Å²) in [4.78, 5) is 50.2. The zero-order valence-electron chi connectivity index (χ0n) is 22.6. The molecule has 0 saturated heterocycles. The van der Waals surface area contributed by atoms with E-state index in [2.05, 4.69) is 5.32 Å². The highest BCUT2D eigenvalue weighted by molar-refractivity contribution is 8.00. The standard InChI is InChI=1S/C27H36N2O8S/c1-15-9-7-11-21(34-4)24(37-27(28)33)16(2)13-17(3)38-22(35-5)12-8-10-18-23(31)19(29-26(15)32)14-20(30)25(18)36-6/h7,9,11,13-14,17,21-22,24H,8,10,12H2,1-6H3,(H2,28,33)(H,29,32)/b11-7-,15-9+,16-13+. The Labute approximate surface area is 227 Å². The molecule has 0 radical (unpaired) electrons. The van der Waals surface area contributed by atoms with Crippen molar-refractivity contribution in [2.45, 2.75) is 62.9 Å². The van der Waals surface area contributed by atoms with Crippen LogP contribution in [0.2, 0.25) is 0 Å². The molecule has 0 aromatic carbocycles. The molecule has 38 heavy (non-hydrogen) atoms. The molecule has 2 bridgehead atoms. The number of ether oxygens (including phenoxy) is 4. The predicted octanol–water partition coefficient (Wildman–Crippen LogP) is 3.24. The van der Waals surface area contributed by atoms with Crippen LogP contribution in [0, 0.1) is 0 Å². The van der Waals surface area contributed by atoms with Crippen molar-refractivity contribution in [1.82, 2.24) is 5.32 Å². The lowest BCUT2D eigenvalue weighted by atomic mass is 9.94. The lowest BCUT2D eigenvalue weighted by molar-refractivity contribution is -0.120. The van der Waals surface area contributed by atoms with Gasteiger partial charge < -0.3 is 30.0 Å². The molecule has 0 fully saturated rings. The summed E-state index contributed by atoms with van der Waals surface area (Å²) >= 11 is 1.55. The van der Waals surface area contributed by atoms with Crippen LogP contribution in [0.4, 0.5) is 4.79 Å². The number of hydrogen-bond donors (Lipinski definition) is 2. The number of rotatable bonds is 4. The number of thioether (sulfide) groups is 1. The zero-order chi connectivity index (χ0) is 28.4. The van der Waals surface area contributed by atoms with Gasteiger partial charge in [-0.15, -0.1) is 11.8 Å². The molecule has 0 spiro atoms. The Bertz CT molecular complexity index is 1090. The highest BCUT2D eigenvalue weighted by Crippen LogP contribution is 2.29. The smallest absolute Gasteiger partial charge is 0.405 e. The van der Waals surface area contributed by atoms with Crippen molar-refractivity contribution in [3.63, 3.8) is 0 Å². The molecule has 2 amide bonds. The van der Waals surface area contributed by atoms with Crippen LogP contribution in [0.25, 0.3) is 0 Å². The van der Waals surface area contributed by atoms with E-state index < -0.39 is 35.8 Å². The maximum absolute atomic E-state index is 13.2. The van der Waals surface area contributed by atoms with Gasteiger partial charge >= 0.3 is 6.09 Å². The molecule has 1 aliphatic carbocycles. The fourth-order valence-corrected chi connectivity index (χ4v) is 5.29. The first kappa shape index (κ1) is 31.1. The van der Waals surface area contributed by atoms with Crippen LogP contribution in [-0.4, -0.2) is 67.8 Å². The molecule has 1 heterocycles. The fourth-order valence-electron chi connectivity index (χ4n) is 4.10. The van der Waals surface area contributed by atoms with E-state index in [0.717, 1.165) is 11.6 Å². The van der Waals surface area contributed by atoms with Crippen molar-refractivity contribution >= 4 is 35.3 Å². The van der Waals surface area contributed by atoms with E-state index in [9.17, 15) is 19.2 Å². The van der Waals surface area contributed by atoms with Crippen molar-refractivity contribution in [2.75, 3.05) is 21.3 Å². The number of carbonyl (C=O) groups excluding carboxylic acids is 4. The Balaban J connectivity index is 2.49. The second-order valence-corrected chi connectivity index (χ2v) is 10.4. The molecule has 0 aromatic rings. The minimum Gasteiger partial charge on any atom is -0.492 e. The van der Waals surface area contributed by atoms with Gasteiger partial charge in [0.15, 0.2) is 11.9 Å². The first-order valence-electron chi connectivity index (χ1n) is 12.1. The number of Topliss-reactive ketones (excluding diaryl/α,β-unsaturated/α-hetero) is 1. The maximum Gasteiger partial charge on any atom is 0.405 e. The van der Waals surface area contributed by atoms with Gasteiger partial charge in [0.2, 0.25) is 11.6 Å². The van der Waals surface area contributed by atoms with Crippen LogP contribution in [0.1, 0.15) is 40.0 Å². The van der Waals surface area contributed by atoms with E-state index in [4.69, 9.17) is 24.7 Å². The number of carbonyl (C=O) groups is 4. The molecule has 11 heteroatoms. The summed E-state index contributed by atoms with van der Waals surface area (Å²) in [6.45, 7) is 5.36. The van der Waals surface area contributed by atoms with Gasteiger partial charge in [-0.3, -0.25) is 14.4 Å². The van der Waals surface area contributed by atoms with Crippen molar-refractivity contribution in [2.24, 2.45) is 5.73 Å². The van der Waals surface area contributed by atoms with Crippen molar-refractivity contribution in [3.05, 3.63) is 58.6 Å². The van der Waals surface area contributed by atoms with Gasteiger partial charge in [-0.2, -0.15) is 0 Å². The number of fused-ring (bicyclic) bond motifs is 2. The number of ketones is 2. The molecule has 1 aliphatic heterocycles. The highest BCUT2D eigenvalue weighted by Gasteiger charge is 2.31. The van der Waals surface area contributed by atoms with E-state index in [0.29, 0.717) is 12.8 Å². The molecular weight excluding hydrogens is 512 g/mol. The van der Waals surface area contributed by atoms with Gasteiger partial charge in [-0.05, 0) is 45.6 Å². The molecule has 2 aliphatic rings. The van der Waals surface area contributed by atoms with Crippen LogP contribution in [0.5, 0.6) is 0 Å². The number of nitrogens with two attached hydrogens (primary N) is 1. The summed E-state index contributed by atoms with van der Waals surface area (Å²) in [5.74, 6) is -1.52. The van der Waals surface area contributed by atoms with Gasteiger partial charge in [0, 0.05) is 36.7 Å². The SMILES string of the molecule is COC1=C2CCCC(OC)SC(C)/C=C(\C)C(OC(N)=O)C(OC)/C=C\C=C(/C)C(=O)NC(=CC1=O)C2=O. The number of methoxy groups -OCH3 is 3. The number of allylic oxidation sites excluding steroid dienone is 4. The van der Waals surface area contributed by atoms with E-state index in [1.54, 1.807) is 37.9 Å². The van der Waals surface area contributed by atoms with E-state index in [1.165, 1.54) is 20.3 Å². The van der Waals surface area contributed by atoms with Crippen LogP contribution in [-0.2, 0) is 33.3 Å². The van der Waals surface area contributed by atoms with Gasteiger partial charge in [-0.25, -0.2) is 4.79 Å². The lowest BCUT2D eigenvalue weighted by Gasteiger charge is -2.25. The normalized spacial score (nSPS) is 29.8. The first-order valence-corrected chi connectivity index (χ1v) is 13.1. The monoisotopic (exact) mass is 548 g/mol. The largest absolute Gasteiger partial charge is 0.492 e. The van der Waals surface area contributed by atoms with Gasteiger partial charge in [0.05, 0.1) is 12.8 Å². The first-order chi connectivity index (χ1) is 18.0. The van der Waals surface area contributed by atoms with Gasteiger partial charge in [0.1, 0.15) is 11.5 Å². The summed E-state index contributed by atoms with van der Waals surface area (Å²) in [6, 6.07) is 0. The van der Waals surface area contributed by atoms with Crippen LogP contribution in [0.15, 0.2) is 58.6 Å². The minimum atomic E-state index is -0.943. The molecule has 4 atom stereocenters. The maximum atomic E-state index is 13.2. The molecule has 0 aromatic heterocycles. The lowest BCUT2D eigenvalue weighted by Crippen LogP contribution is -2.35. The number of amides is 2. The predicted molar refractivity (Wildman–Crippen MR) is 144 cm³/mol. The Morgan fingerprint density at radius 1 is 1.13 bits per heavy atom. The zero-order valence-corrected chi connectivity index (χ0v) is 23.4. The third-order valence-electron chi connectivity index (χ3n) is 6.01. The van der Waals surface area contributed by atoms with Crippen LogP contribution < -0.4 is 11.1 Å². The molecule has 4 unspecified atom stereocenters. The molecule has 3 N–H and O–H groups in total. The second-order valence-electron chi connectivity index (χ2n) is 8.82. The average Bonchev–Trinajstić information content (AvgIpc) is 2.86. The van der Waals surface area contributed by atoms with E-state index >= 15 is 0 Å². The number of primary amides is 1. The van der Waals surface area contributed by atoms with Crippen molar-refractivity contribution in [1.29, 1.82) is 0 Å². The van der Waals surface area contributed by atoms with E-state index in [1.807, 2.05) is 19.9 Å². The Morgan fingerprint density at radius 2 is 1.84 bits per heavy atom. The summed E-state index contributed by atoms with van der Waals surface area (Å²) in [7, 11) is 4.41. The van der Waals surface area contributed by atoms with Crippen molar-refractivity contribution in [3.8, 4) is 0 Å². The highest BCUT2D eigenvalue weighted by atomic mass is 32.2. The van der Waals surface area contributed by atoms with E-state index in [-0.39, 0.29) is 39.7 Å². The third kappa shape index (κ3) is 8.44. The van der Waals surface area contributed by atoms with Gasteiger partial charge in [-0.1, -0.05) is 24.3 Å². The summed E-state index contributed by atoms with van der Waals surface area (Å²) in [5, 5.41) is 2.50. The molecule has 10 nitrogen and oxygen atoms in total. The van der Waals surface area contributed by atoms with Crippen molar-refractivity contribution < 1.29 is 38.1 Å². The fraction of sp³-hybridized carbons (Fsp3) is 0.481. The average molecular weight is 549 g/mol. The molecular formula is C27H36N2O8S. The Hall–Kier alpha value is -3.15. The quantitative estimate of drug-likeness (QED) is 0.400. The molecule has 208 valence electrons. The summed E-state index contributed by atoms with van der Waals surface area (Å²) in [6.07, 6.45) is 6.70. The number of nitrogens with one attached hydrogen (secondary N) is 1. The van der Waals surface area contributed by atoms with Crippen LogP contribution >= 0.6 is 11.8 Å². The Kier molecular flexibility index (Phi) is 12.0. The third-order valence-corrected chi connectivity index (χ3v) is 7.30. The number of hydrogen-bond acceptors (Lipinski definition) is 9. The molecule has 0 saturated carbocycles. The molecule has 2 rings (SSSR count). The second kappa shape index (κ2) is 14.7. The summed E-state index contributed by atoms with van der Waals surface area (Å²) < 4.78 is 21.8. The Morgan fingerprint density at radius 3 is 2.45 bits per heavy atom. The summed E-state index contributed by atoms with van der Waals surface area (Å²) in [5.41, 5.74) is 6.21. The minimum absolute atomic E-state index is 0.0197. The van der Waals surface area contributed by atoms with Gasteiger partial charge in [0.25, 0.3) is 5.91 Å². The topological polar surface area (TPSA) is 143 Å². The van der Waals surface area contributed by atoms with Crippen LogP contribution in [0.3, 0.4) is 0 Å².